The van der Waals surface area contributed by atoms with Crippen LogP contribution < -0.4 is 15.5 Å². The summed E-state index contributed by atoms with van der Waals surface area (Å²) < 4.78 is 56.8. The van der Waals surface area contributed by atoms with E-state index in [-0.39, 0.29) is 42.0 Å². The number of hydrogen-bond acceptors (Lipinski definition) is 8. The molecule has 7 rings (SSSR count). The molecule has 3 amide bonds. The van der Waals surface area contributed by atoms with Crippen molar-refractivity contribution in [1.82, 2.24) is 40.5 Å². The van der Waals surface area contributed by atoms with Crippen molar-refractivity contribution in [1.29, 1.82) is 0 Å². The van der Waals surface area contributed by atoms with Gasteiger partial charge in [-0.2, -0.15) is 23.4 Å². The highest BCUT2D eigenvalue weighted by atomic mass is 19.4. The Morgan fingerprint density at radius 3 is 2.34 bits per heavy atom. The molecule has 16 heteroatoms. The number of rotatable bonds is 10. The number of nitrogens with one attached hydrogen (secondary N) is 3. The molecule has 2 aliphatic rings. The standard InChI is InChI=1S/C40H41F4N9O3/c1-24-18-27(8-11-32(24)53-23-29(20-46-53)36(55)45-21-34-47-38(50-49-34)39(2,3)40(42,43)44)26-6-4-25(5-7-26)22-51-14-16-52(17-15-51)33-12-9-28(19-31(33)41)30-10-13-35(54)48-37(30)56/h4-9,11-12,18-20,23,30H,10,13-17,21-22H2,1-3H3,(H,45,55)(H,47,49,50)(H,48,54,56). The number of piperazine rings is 1. The van der Waals surface area contributed by atoms with Gasteiger partial charge in [-0.05, 0) is 79.3 Å². The van der Waals surface area contributed by atoms with Gasteiger partial charge in [0.05, 0.1) is 35.6 Å². The van der Waals surface area contributed by atoms with E-state index >= 15 is 4.39 Å². The number of alkyl halides is 3. The SMILES string of the molecule is Cc1cc(-c2ccc(CN3CCN(c4ccc(C5CCC(=O)NC5=O)cc4F)CC3)cc2)ccc1-n1cc(C(=O)NCc2nc(C(C)(C)C(F)(F)F)n[nH]2)cn1. The number of halogens is 4. The monoisotopic (exact) mass is 771 g/mol. The van der Waals surface area contributed by atoms with E-state index in [0.717, 1.165) is 61.4 Å². The third-order valence-corrected chi connectivity index (χ3v) is 10.5. The molecule has 1 unspecified atom stereocenters. The number of nitrogens with zero attached hydrogens (tertiary/aromatic N) is 6. The summed E-state index contributed by atoms with van der Waals surface area (Å²) in [6.45, 7) is 7.42. The van der Waals surface area contributed by atoms with Gasteiger partial charge >= 0.3 is 6.18 Å². The molecule has 3 aromatic carbocycles. The first-order valence-corrected chi connectivity index (χ1v) is 18.3. The molecular formula is C40H41F4N9O3. The van der Waals surface area contributed by atoms with Crippen LogP contribution >= 0.6 is 0 Å². The van der Waals surface area contributed by atoms with Crippen LogP contribution in [-0.4, -0.2) is 79.9 Å². The van der Waals surface area contributed by atoms with Crippen LogP contribution in [0.2, 0.25) is 0 Å². The van der Waals surface area contributed by atoms with Gasteiger partial charge in [0, 0.05) is 45.3 Å². The molecule has 2 saturated heterocycles. The zero-order valence-electron chi connectivity index (χ0n) is 31.1. The lowest BCUT2D eigenvalue weighted by Crippen LogP contribution is -2.46. The van der Waals surface area contributed by atoms with E-state index in [2.05, 4.69) is 60.1 Å². The minimum absolute atomic E-state index is 0.0998. The average Bonchev–Trinajstić information content (AvgIpc) is 3.86. The van der Waals surface area contributed by atoms with Gasteiger partial charge in [-0.1, -0.05) is 36.4 Å². The van der Waals surface area contributed by atoms with Crippen LogP contribution in [0, 0.1) is 12.7 Å². The molecule has 12 nitrogen and oxygen atoms in total. The third kappa shape index (κ3) is 8.05. The number of piperidine rings is 1. The summed E-state index contributed by atoms with van der Waals surface area (Å²) in [5.41, 5.74) is 4.06. The maximum absolute atomic E-state index is 15.2. The van der Waals surface area contributed by atoms with Gasteiger partial charge in [0.25, 0.3) is 5.91 Å². The summed E-state index contributed by atoms with van der Waals surface area (Å²) in [5.74, 6) is -2.33. The Bertz CT molecular complexity index is 2260. The number of aromatic nitrogens is 5. The number of amides is 3. The zero-order chi connectivity index (χ0) is 39.8. The lowest BCUT2D eigenvalue weighted by Gasteiger charge is -2.36. The van der Waals surface area contributed by atoms with Gasteiger partial charge in [-0.25, -0.2) is 14.1 Å². The number of aryl methyl sites for hydroxylation is 1. The molecule has 5 aromatic rings. The van der Waals surface area contributed by atoms with Crippen LogP contribution in [0.25, 0.3) is 16.8 Å². The maximum Gasteiger partial charge on any atom is 0.401 e. The van der Waals surface area contributed by atoms with Crippen molar-refractivity contribution >= 4 is 23.4 Å². The zero-order valence-corrected chi connectivity index (χ0v) is 31.1. The Kier molecular flexibility index (Phi) is 10.5. The molecule has 56 heavy (non-hydrogen) atoms. The number of carbonyl (C=O) groups is 3. The Balaban J connectivity index is 0.908. The predicted octanol–water partition coefficient (Wildman–Crippen LogP) is 5.72. The predicted molar refractivity (Wildman–Crippen MR) is 199 cm³/mol. The first-order chi connectivity index (χ1) is 26.7. The summed E-state index contributed by atoms with van der Waals surface area (Å²) in [4.78, 5) is 44.8. The minimum Gasteiger partial charge on any atom is -0.367 e. The van der Waals surface area contributed by atoms with Gasteiger partial charge < -0.3 is 10.2 Å². The number of H-pyrrole nitrogens is 1. The Morgan fingerprint density at radius 2 is 1.66 bits per heavy atom. The topological polar surface area (TPSA) is 141 Å². The van der Waals surface area contributed by atoms with E-state index in [1.807, 2.05) is 30.0 Å². The number of benzene rings is 3. The van der Waals surface area contributed by atoms with E-state index in [9.17, 15) is 27.6 Å². The smallest absolute Gasteiger partial charge is 0.367 e. The van der Waals surface area contributed by atoms with Crippen LogP contribution in [0.15, 0.2) is 73.1 Å². The number of imide groups is 1. The largest absolute Gasteiger partial charge is 0.401 e. The van der Waals surface area contributed by atoms with E-state index in [1.54, 1.807) is 23.0 Å². The molecule has 2 aliphatic heterocycles. The van der Waals surface area contributed by atoms with Crippen LogP contribution in [0.5, 0.6) is 0 Å². The van der Waals surface area contributed by atoms with Crippen molar-refractivity contribution in [2.24, 2.45) is 0 Å². The number of hydrogen-bond donors (Lipinski definition) is 3. The van der Waals surface area contributed by atoms with Crippen molar-refractivity contribution in [3.8, 4) is 16.8 Å². The maximum atomic E-state index is 15.2. The fourth-order valence-corrected chi connectivity index (χ4v) is 6.93. The summed E-state index contributed by atoms with van der Waals surface area (Å²) >= 11 is 0. The van der Waals surface area contributed by atoms with E-state index in [4.69, 9.17) is 0 Å². The van der Waals surface area contributed by atoms with Crippen LogP contribution in [0.1, 0.15) is 71.3 Å². The molecule has 0 spiro atoms. The molecule has 1 atom stereocenters. The van der Waals surface area contributed by atoms with Crippen LogP contribution in [0.4, 0.5) is 23.2 Å². The number of anilines is 1. The van der Waals surface area contributed by atoms with Crippen molar-refractivity contribution in [2.45, 2.75) is 64.2 Å². The number of aromatic amines is 1. The highest BCUT2D eigenvalue weighted by molar-refractivity contribution is 6.01. The average molecular weight is 772 g/mol. The summed E-state index contributed by atoms with van der Waals surface area (Å²) in [7, 11) is 0. The second-order valence-electron chi connectivity index (χ2n) is 14.8. The molecule has 2 aromatic heterocycles. The molecule has 0 bridgehead atoms. The summed E-state index contributed by atoms with van der Waals surface area (Å²) in [5, 5.41) is 15.5. The lowest BCUT2D eigenvalue weighted by atomic mass is 9.90. The quantitative estimate of drug-likeness (QED) is 0.121. The number of carbonyl (C=O) groups excluding carboxylic acids is 3. The minimum atomic E-state index is -4.53. The third-order valence-electron chi connectivity index (χ3n) is 10.5. The first-order valence-electron chi connectivity index (χ1n) is 18.3. The molecule has 3 N–H and O–H groups in total. The van der Waals surface area contributed by atoms with Gasteiger partial charge in [0.2, 0.25) is 11.8 Å². The van der Waals surface area contributed by atoms with Crippen LogP contribution in [0.3, 0.4) is 0 Å². The molecule has 4 heterocycles. The molecular weight excluding hydrogens is 730 g/mol. The summed E-state index contributed by atoms with van der Waals surface area (Å²) in [6.07, 6.45) is -0.903. The Morgan fingerprint density at radius 1 is 0.946 bits per heavy atom. The van der Waals surface area contributed by atoms with Crippen molar-refractivity contribution < 1.29 is 31.9 Å². The summed E-state index contributed by atoms with van der Waals surface area (Å²) in [6, 6.07) is 19.3. The second-order valence-corrected chi connectivity index (χ2v) is 14.8. The molecule has 0 saturated carbocycles. The second kappa shape index (κ2) is 15.3. The molecule has 2 fully saturated rings. The Hall–Kier alpha value is -5.90. The first kappa shape index (κ1) is 38.4. The van der Waals surface area contributed by atoms with E-state index < -0.39 is 29.2 Å². The molecule has 0 radical (unpaired) electrons. The highest BCUT2D eigenvalue weighted by Crippen LogP contribution is 2.38. The Labute approximate surface area is 320 Å². The van der Waals surface area contributed by atoms with Crippen molar-refractivity contribution in [3.05, 3.63) is 113 Å². The van der Waals surface area contributed by atoms with E-state index in [0.29, 0.717) is 30.8 Å². The molecule has 292 valence electrons. The van der Waals surface area contributed by atoms with Gasteiger partial charge in [-0.3, -0.25) is 29.7 Å². The van der Waals surface area contributed by atoms with Gasteiger partial charge in [0.1, 0.15) is 17.1 Å². The highest BCUT2D eigenvalue weighted by Gasteiger charge is 2.51. The van der Waals surface area contributed by atoms with Gasteiger partial charge in [-0.15, -0.1) is 0 Å². The normalized spacial score (nSPS) is 16.9. The fourth-order valence-electron chi connectivity index (χ4n) is 6.93. The van der Waals surface area contributed by atoms with Crippen molar-refractivity contribution in [2.75, 3.05) is 31.1 Å². The van der Waals surface area contributed by atoms with E-state index in [1.165, 1.54) is 12.3 Å². The molecule has 0 aliphatic carbocycles. The van der Waals surface area contributed by atoms with Gasteiger partial charge in [0.15, 0.2) is 5.82 Å². The lowest BCUT2D eigenvalue weighted by molar-refractivity contribution is -0.182. The van der Waals surface area contributed by atoms with Crippen LogP contribution in [-0.2, 0) is 28.1 Å². The van der Waals surface area contributed by atoms with Crippen molar-refractivity contribution in [3.63, 3.8) is 0 Å². The fraction of sp³-hybridized carbons (Fsp3) is 0.350.